The van der Waals surface area contributed by atoms with Gasteiger partial charge >= 0.3 is 6.18 Å². The molecule has 134 valence electrons. The van der Waals surface area contributed by atoms with Gasteiger partial charge in [-0.25, -0.2) is 0 Å². The molecule has 3 rings (SSSR count). The van der Waals surface area contributed by atoms with E-state index in [1.807, 2.05) is 18.2 Å². The van der Waals surface area contributed by atoms with Crippen molar-refractivity contribution in [1.82, 2.24) is 9.88 Å². The van der Waals surface area contributed by atoms with Crippen LogP contribution in [0.5, 0.6) is 0 Å². The van der Waals surface area contributed by atoms with Crippen LogP contribution < -0.4 is 0 Å². The molecule has 1 unspecified atom stereocenters. The Bertz CT molecular complexity index is 684. The SMILES string of the molecule is CN1CCC(Cc2ccc(C(F)(F)F)nc2)C1=O.Cc1ccccc1. The normalized spacial score (nSPS) is 17.2. The van der Waals surface area contributed by atoms with Crippen LogP contribution in [-0.2, 0) is 17.4 Å². The average Bonchev–Trinajstić information content (AvgIpc) is 2.88. The molecule has 1 amide bonds. The molecule has 1 aromatic heterocycles. The van der Waals surface area contributed by atoms with Gasteiger partial charge in [0.25, 0.3) is 0 Å². The molecule has 0 radical (unpaired) electrons. The largest absolute Gasteiger partial charge is 0.433 e. The van der Waals surface area contributed by atoms with Crippen molar-refractivity contribution < 1.29 is 18.0 Å². The van der Waals surface area contributed by atoms with Crippen molar-refractivity contribution in [3.8, 4) is 0 Å². The monoisotopic (exact) mass is 350 g/mol. The third-order valence-electron chi connectivity index (χ3n) is 4.08. The van der Waals surface area contributed by atoms with Crippen molar-refractivity contribution in [3.63, 3.8) is 0 Å². The summed E-state index contributed by atoms with van der Waals surface area (Å²) in [6, 6.07) is 12.6. The highest BCUT2D eigenvalue weighted by atomic mass is 19.4. The molecule has 1 saturated heterocycles. The molecule has 0 N–H and O–H groups in total. The molecular formula is C19H21F3N2O. The van der Waals surface area contributed by atoms with Crippen LogP contribution in [0.3, 0.4) is 0 Å². The number of hydrogen-bond donors (Lipinski definition) is 0. The lowest BCUT2D eigenvalue weighted by Gasteiger charge is -2.11. The number of alkyl halides is 3. The van der Waals surface area contributed by atoms with Crippen molar-refractivity contribution in [1.29, 1.82) is 0 Å². The van der Waals surface area contributed by atoms with E-state index in [9.17, 15) is 18.0 Å². The Morgan fingerprint density at radius 2 is 1.84 bits per heavy atom. The maximum Gasteiger partial charge on any atom is 0.433 e. The number of rotatable bonds is 2. The van der Waals surface area contributed by atoms with Gasteiger partial charge in [-0.1, -0.05) is 42.0 Å². The second-order valence-corrected chi connectivity index (χ2v) is 6.15. The highest BCUT2D eigenvalue weighted by Gasteiger charge is 2.33. The van der Waals surface area contributed by atoms with E-state index >= 15 is 0 Å². The highest BCUT2D eigenvalue weighted by molar-refractivity contribution is 5.80. The zero-order chi connectivity index (χ0) is 18.4. The first-order valence-corrected chi connectivity index (χ1v) is 8.06. The molecule has 0 bridgehead atoms. The number of aromatic nitrogens is 1. The smallest absolute Gasteiger partial charge is 0.345 e. The predicted octanol–water partition coefficient (Wildman–Crippen LogP) is 4.12. The first-order chi connectivity index (χ1) is 11.8. The van der Waals surface area contributed by atoms with Crippen molar-refractivity contribution in [2.45, 2.75) is 25.9 Å². The van der Waals surface area contributed by atoms with Crippen molar-refractivity contribution in [3.05, 3.63) is 65.5 Å². The van der Waals surface area contributed by atoms with Crippen LogP contribution in [0.25, 0.3) is 0 Å². The van der Waals surface area contributed by atoms with E-state index in [1.54, 1.807) is 11.9 Å². The lowest BCUT2D eigenvalue weighted by Crippen LogP contribution is -2.23. The van der Waals surface area contributed by atoms with Gasteiger partial charge in [-0.15, -0.1) is 0 Å². The summed E-state index contributed by atoms with van der Waals surface area (Å²) >= 11 is 0. The van der Waals surface area contributed by atoms with Gasteiger partial charge in [-0.3, -0.25) is 9.78 Å². The Morgan fingerprint density at radius 1 is 1.16 bits per heavy atom. The Morgan fingerprint density at radius 3 is 2.24 bits per heavy atom. The fraction of sp³-hybridized carbons (Fsp3) is 0.368. The topological polar surface area (TPSA) is 33.2 Å². The number of aryl methyl sites for hydroxylation is 1. The third kappa shape index (κ3) is 5.59. The summed E-state index contributed by atoms with van der Waals surface area (Å²) in [7, 11) is 1.73. The van der Waals surface area contributed by atoms with Crippen LogP contribution in [-0.4, -0.2) is 29.4 Å². The Balaban J connectivity index is 0.000000269. The van der Waals surface area contributed by atoms with Crippen LogP contribution in [0.1, 0.15) is 23.2 Å². The standard InChI is InChI=1S/C12H13F3N2O.C7H8/c1-17-5-4-9(11(17)18)6-8-2-3-10(16-7-8)12(13,14)15;1-7-5-3-2-4-6-7/h2-3,7,9H,4-6H2,1H3;2-6H,1H3. The van der Waals surface area contributed by atoms with Gasteiger partial charge in [-0.05, 0) is 31.4 Å². The van der Waals surface area contributed by atoms with E-state index < -0.39 is 11.9 Å². The number of nitrogens with zero attached hydrogens (tertiary/aromatic N) is 2. The number of carbonyl (C=O) groups excluding carboxylic acids is 1. The minimum absolute atomic E-state index is 0.0508. The second kappa shape index (κ2) is 8.14. The molecule has 2 aromatic rings. The van der Waals surface area contributed by atoms with Crippen LogP contribution in [0.4, 0.5) is 13.2 Å². The maximum absolute atomic E-state index is 12.3. The molecule has 1 fully saturated rings. The van der Waals surface area contributed by atoms with E-state index in [4.69, 9.17) is 0 Å². The summed E-state index contributed by atoms with van der Waals surface area (Å²) in [5, 5.41) is 0. The van der Waals surface area contributed by atoms with Crippen LogP contribution in [0, 0.1) is 12.8 Å². The predicted molar refractivity (Wildman–Crippen MR) is 89.9 cm³/mol. The number of likely N-dealkylation sites (tertiary alicyclic amines) is 1. The molecule has 2 heterocycles. The summed E-state index contributed by atoms with van der Waals surface area (Å²) in [4.78, 5) is 16.7. The quantitative estimate of drug-likeness (QED) is 0.816. The summed E-state index contributed by atoms with van der Waals surface area (Å²) in [5.74, 6) is -0.0802. The average molecular weight is 350 g/mol. The molecule has 0 spiro atoms. The maximum atomic E-state index is 12.3. The van der Waals surface area contributed by atoms with E-state index in [1.165, 1.54) is 17.8 Å². The minimum Gasteiger partial charge on any atom is -0.345 e. The summed E-state index contributed by atoms with van der Waals surface area (Å²) in [5.41, 5.74) is 1.08. The fourth-order valence-corrected chi connectivity index (χ4v) is 2.62. The van der Waals surface area contributed by atoms with Gasteiger partial charge in [-0.2, -0.15) is 13.2 Å². The lowest BCUT2D eigenvalue weighted by molar-refractivity contribution is -0.141. The number of carbonyl (C=O) groups is 1. The molecule has 0 saturated carbocycles. The van der Waals surface area contributed by atoms with E-state index in [-0.39, 0.29) is 11.8 Å². The molecule has 1 aliphatic rings. The Kier molecular flexibility index (Phi) is 6.17. The van der Waals surface area contributed by atoms with E-state index in [0.717, 1.165) is 12.5 Å². The number of halogens is 3. The van der Waals surface area contributed by atoms with Gasteiger partial charge in [0.05, 0.1) is 0 Å². The van der Waals surface area contributed by atoms with Crippen LogP contribution in [0.2, 0.25) is 0 Å². The Labute approximate surface area is 145 Å². The van der Waals surface area contributed by atoms with Crippen LogP contribution in [0.15, 0.2) is 48.7 Å². The number of pyridine rings is 1. The van der Waals surface area contributed by atoms with Gasteiger partial charge in [0.15, 0.2) is 0 Å². The number of amides is 1. The van der Waals surface area contributed by atoms with Gasteiger partial charge < -0.3 is 4.90 Å². The molecule has 1 atom stereocenters. The van der Waals surface area contributed by atoms with Crippen molar-refractivity contribution in [2.24, 2.45) is 5.92 Å². The molecule has 6 heteroatoms. The summed E-state index contributed by atoms with van der Waals surface area (Å²) in [6.45, 7) is 2.79. The highest BCUT2D eigenvalue weighted by Crippen LogP contribution is 2.28. The molecule has 3 nitrogen and oxygen atoms in total. The van der Waals surface area contributed by atoms with Crippen LogP contribution >= 0.6 is 0 Å². The molecular weight excluding hydrogens is 329 g/mol. The summed E-state index contributed by atoms with van der Waals surface area (Å²) < 4.78 is 36.9. The molecule has 1 aromatic carbocycles. The first-order valence-electron chi connectivity index (χ1n) is 8.06. The number of hydrogen-bond acceptors (Lipinski definition) is 2. The molecule has 0 aliphatic carbocycles. The minimum atomic E-state index is -4.41. The van der Waals surface area contributed by atoms with Gasteiger partial charge in [0, 0.05) is 25.7 Å². The van der Waals surface area contributed by atoms with Crippen molar-refractivity contribution in [2.75, 3.05) is 13.6 Å². The Hall–Kier alpha value is -2.37. The fourth-order valence-electron chi connectivity index (χ4n) is 2.62. The van der Waals surface area contributed by atoms with Gasteiger partial charge in [0.2, 0.25) is 5.91 Å². The van der Waals surface area contributed by atoms with E-state index in [0.29, 0.717) is 18.5 Å². The van der Waals surface area contributed by atoms with Gasteiger partial charge in [0.1, 0.15) is 5.69 Å². The second-order valence-electron chi connectivity index (χ2n) is 6.15. The molecule has 1 aliphatic heterocycles. The zero-order valence-electron chi connectivity index (χ0n) is 14.3. The number of benzene rings is 1. The lowest BCUT2D eigenvalue weighted by atomic mass is 9.99. The zero-order valence-corrected chi connectivity index (χ0v) is 14.3. The van der Waals surface area contributed by atoms with Crippen molar-refractivity contribution >= 4 is 5.91 Å². The summed E-state index contributed by atoms with van der Waals surface area (Å²) in [6.07, 6.45) is -2.01. The first kappa shape index (κ1) is 19.0. The van der Waals surface area contributed by atoms with E-state index in [2.05, 4.69) is 24.0 Å². The molecule has 25 heavy (non-hydrogen) atoms. The third-order valence-corrected chi connectivity index (χ3v) is 4.08.